The average molecular weight is 334 g/mol. The molecular formula is C15H12ClN3O4. The van der Waals surface area contributed by atoms with E-state index in [1.807, 2.05) is 0 Å². The topological polar surface area (TPSA) is 101 Å². The molecular weight excluding hydrogens is 322 g/mol. The van der Waals surface area contributed by atoms with Crippen molar-refractivity contribution in [3.63, 3.8) is 0 Å². The minimum Gasteiger partial charge on any atom is -0.267 e. The summed E-state index contributed by atoms with van der Waals surface area (Å²) in [5, 5.41) is 11.0. The molecule has 0 fully saturated rings. The van der Waals surface area contributed by atoms with E-state index in [1.54, 1.807) is 18.2 Å². The van der Waals surface area contributed by atoms with Crippen molar-refractivity contribution in [1.29, 1.82) is 0 Å². The molecule has 0 radical (unpaired) electrons. The Morgan fingerprint density at radius 2 is 1.74 bits per heavy atom. The summed E-state index contributed by atoms with van der Waals surface area (Å²) >= 11 is 5.88. The summed E-state index contributed by atoms with van der Waals surface area (Å²) in [6.45, 7) is 1.53. The Hall–Kier alpha value is -2.93. The number of nitro groups is 1. The van der Waals surface area contributed by atoms with Gasteiger partial charge in [-0.25, -0.2) is 0 Å². The third kappa shape index (κ3) is 3.83. The number of carbonyl (C=O) groups excluding carboxylic acids is 2. The molecule has 118 valence electrons. The number of nitro benzene ring substituents is 1. The molecule has 0 aromatic heterocycles. The van der Waals surface area contributed by atoms with Gasteiger partial charge in [0.25, 0.3) is 17.5 Å². The second-order valence-electron chi connectivity index (χ2n) is 4.65. The molecule has 0 atom stereocenters. The molecule has 0 aliphatic rings. The zero-order valence-electron chi connectivity index (χ0n) is 12.0. The number of rotatable bonds is 3. The Kier molecular flexibility index (Phi) is 4.92. The zero-order chi connectivity index (χ0) is 17.0. The average Bonchev–Trinajstić information content (AvgIpc) is 2.52. The van der Waals surface area contributed by atoms with Gasteiger partial charge in [-0.1, -0.05) is 23.7 Å². The lowest BCUT2D eigenvalue weighted by molar-refractivity contribution is -0.385. The Morgan fingerprint density at radius 3 is 2.35 bits per heavy atom. The Labute approximate surface area is 136 Å². The van der Waals surface area contributed by atoms with E-state index in [9.17, 15) is 19.7 Å². The van der Waals surface area contributed by atoms with Crippen molar-refractivity contribution in [2.75, 3.05) is 0 Å². The predicted octanol–water partition coefficient (Wildman–Crippen LogP) is 2.63. The van der Waals surface area contributed by atoms with Crippen molar-refractivity contribution in [2.45, 2.75) is 6.92 Å². The van der Waals surface area contributed by atoms with E-state index in [4.69, 9.17) is 11.6 Å². The molecule has 2 aromatic carbocycles. The van der Waals surface area contributed by atoms with Gasteiger partial charge < -0.3 is 0 Å². The van der Waals surface area contributed by atoms with Crippen LogP contribution >= 0.6 is 11.6 Å². The van der Waals surface area contributed by atoms with Crippen LogP contribution in [-0.4, -0.2) is 16.7 Å². The number of aryl methyl sites for hydroxylation is 1. The summed E-state index contributed by atoms with van der Waals surface area (Å²) in [6.07, 6.45) is 0. The van der Waals surface area contributed by atoms with Gasteiger partial charge in [0.05, 0.1) is 15.5 Å². The fourth-order valence-corrected chi connectivity index (χ4v) is 2.12. The van der Waals surface area contributed by atoms with Gasteiger partial charge in [-0.05, 0) is 31.2 Å². The molecule has 0 aliphatic carbocycles. The lowest BCUT2D eigenvalue weighted by Gasteiger charge is -2.09. The maximum atomic E-state index is 12.0. The van der Waals surface area contributed by atoms with Gasteiger partial charge in [-0.2, -0.15) is 0 Å². The maximum Gasteiger partial charge on any atom is 0.272 e. The first-order chi connectivity index (χ1) is 10.9. The molecule has 0 bridgehead atoms. The second kappa shape index (κ2) is 6.89. The first-order valence-electron chi connectivity index (χ1n) is 6.50. The molecule has 2 N–H and O–H groups in total. The highest BCUT2D eigenvalue weighted by molar-refractivity contribution is 6.33. The smallest absolute Gasteiger partial charge is 0.267 e. The maximum absolute atomic E-state index is 12.0. The lowest BCUT2D eigenvalue weighted by atomic mass is 10.1. The van der Waals surface area contributed by atoms with Gasteiger partial charge in [0.1, 0.15) is 0 Å². The van der Waals surface area contributed by atoms with E-state index >= 15 is 0 Å². The number of halogens is 1. The molecule has 2 rings (SSSR count). The van der Waals surface area contributed by atoms with Crippen molar-refractivity contribution >= 4 is 29.1 Å². The summed E-state index contributed by atoms with van der Waals surface area (Å²) in [6, 6.07) is 10.3. The third-order valence-corrected chi connectivity index (χ3v) is 3.39. The van der Waals surface area contributed by atoms with Crippen LogP contribution in [0.2, 0.25) is 5.02 Å². The van der Waals surface area contributed by atoms with E-state index in [0.717, 1.165) is 0 Å². The van der Waals surface area contributed by atoms with Gasteiger partial charge in [0.2, 0.25) is 0 Å². The van der Waals surface area contributed by atoms with Crippen molar-refractivity contribution in [1.82, 2.24) is 10.9 Å². The van der Waals surface area contributed by atoms with Crippen LogP contribution in [0.1, 0.15) is 26.3 Å². The van der Waals surface area contributed by atoms with E-state index < -0.39 is 16.7 Å². The van der Waals surface area contributed by atoms with E-state index in [1.165, 1.54) is 31.2 Å². The van der Waals surface area contributed by atoms with E-state index in [0.29, 0.717) is 5.56 Å². The standard InChI is InChI=1S/C15H12ClN3O4/c1-9-8-10(6-7-13(9)19(22)23)14(20)17-18-15(21)11-4-2-3-5-12(11)16/h2-8H,1H3,(H,17,20)(H,18,21). The number of hydrogen-bond donors (Lipinski definition) is 2. The van der Waals surface area contributed by atoms with Crippen molar-refractivity contribution in [3.8, 4) is 0 Å². The summed E-state index contributed by atoms with van der Waals surface area (Å²) < 4.78 is 0. The molecule has 0 spiro atoms. The van der Waals surface area contributed by atoms with Crippen LogP contribution in [0.15, 0.2) is 42.5 Å². The number of carbonyl (C=O) groups is 2. The van der Waals surface area contributed by atoms with E-state index in [2.05, 4.69) is 10.9 Å². The second-order valence-corrected chi connectivity index (χ2v) is 5.05. The van der Waals surface area contributed by atoms with Crippen molar-refractivity contribution in [2.24, 2.45) is 0 Å². The normalized spacial score (nSPS) is 10.0. The zero-order valence-corrected chi connectivity index (χ0v) is 12.8. The fraction of sp³-hybridized carbons (Fsp3) is 0.0667. The molecule has 0 saturated carbocycles. The van der Waals surface area contributed by atoms with E-state index in [-0.39, 0.29) is 21.8 Å². The predicted molar refractivity (Wildman–Crippen MR) is 84.2 cm³/mol. The summed E-state index contributed by atoms with van der Waals surface area (Å²) in [5.74, 6) is -1.16. The number of nitrogens with one attached hydrogen (secondary N) is 2. The monoisotopic (exact) mass is 333 g/mol. The van der Waals surface area contributed by atoms with Crippen LogP contribution in [0.5, 0.6) is 0 Å². The Bertz CT molecular complexity index is 792. The fourth-order valence-electron chi connectivity index (χ4n) is 1.90. The first-order valence-corrected chi connectivity index (χ1v) is 6.88. The SMILES string of the molecule is Cc1cc(C(=O)NNC(=O)c2ccccc2Cl)ccc1[N+](=O)[O-]. The summed E-state index contributed by atoms with van der Waals surface area (Å²) in [5.41, 5.74) is 5.14. The molecule has 2 aromatic rings. The van der Waals surface area contributed by atoms with Crippen molar-refractivity contribution < 1.29 is 14.5 Å². The number of amides is 2. The van der Waals surface area contributed by atoms with Crippen LogP contribution in [0.3, 0.4) is 0 Å². The minimum absolute atomic E-state index is 0.0818. The highest BCUT2D eigenvalue weighted by Crippen LogP contribution is 2.18. The molecule has 8 heteroatoms. The van der Waals surface area contributed by atoms with Gasteiger partial charge in [0.15, 0.2) is 0 Å². The molecule has 0 saturated heterocycles. The van der Waals surface area contributed by atoms with Crippen LogP contribution in [0.25, 0.3) is 0 Å². The third-order valence-electron chi connectivity index (χ3n) is 3.06. The molecule has 0 unspecified atom stereocenters. The number of nitrogens with zero attached hydrogens (tertiary/aromatic N) is 1. The van der Waals surface area contributed by atoms with Crippen LogP contribution < -0.4 is 10.9 Å². The molecule has 2 amide bonds. The molecule has 23 heavy (non-hydrogen) atoms. The van der Waals surface area contributed by atoms with Crippen LogP contribution in [0.4, 0.5) is 5.69 Å². The van der Waals surface area contributed by atoms with Gasteiger partial charge in [0, 0.05) is 17.2 Å². The molecule has 0 aliphatic heterocycles. The van der Waals surface area contributed by atoms with Gasteiger partial charge in [-0.15, -0.1) is 0 Å². The van der Waals surface area contributed by atoms with Crippen LogP contribution in [-0.2, 0) is 0 Å². The highest BCUT2D eigenvalue weighted by atomic mass is 35.5. The summed E-state index contributed by atoms with van der Waals surface area (Å²) in [7, 11) is 0. The number of hydrogen-bond acceptors (Lipinski definition) is 4. The number of benzene rings is 2. The van der Waals surface area contributed by atoms with Crippen LogP contribution in [0, 0.1) is 17.0 Å². The first kappa shape index (κ1) is 16.4. The van der Waals surface area contributed by atoms with Crippen molar-refractivity contribution in [3.05, 3.63) is 74.3 Å². The molecule has 7 nitrogen and oxygen atoms in total. The quantitative estimate of drug-likeness (QED) is 0.665. The Morgan fingerprint density at radius 1 is 1.09 bits per heavy atom. The minimum atomic E-state index is -0.594. The lowest BCUT2D eigenvalue weighted by Crippen LogP contribution is -2.41. The van der Waals surface area contributed by atoms with Gasteiger partial charge >= 0.3 is 0 Å². The number of hydrazine groups is 1. The molecule has 0 heterocycles. The summed E-state index contributed by atoms with van der Waals surface area (Å²) in [4.78, 5) is 34.1. The van der Waals surface area contributed by atoms with Gasteiger partial charge in [-0.3, -0.25) is 30.6 Å². The highest BCUT2D eigenvalue weighted by Gasteiger charge is 2.15. The largest absolute Gasteiger partial charge is 0.272 e. The Balaban J connectivity index is 2.05.